The van der Waals surface area contributed by atoms with E-state index in [0.29, 0.717) is 0 Å². The van der Waals surface area contributed by atoms with Crippen LogP contribution in [0.1, 0.15) is 12.1 Å². The molecule has 21 heavy (non-hydrogen) atoms. The Morgan fingerprint density at radius 1 is 1.43 bits per heavy atom. The Labute approximate surface area is 132 Å². The number of thiazole rings is 1. The number of anilines is 1. The van der Waals surface area contributed by atoms with Crippen molar-refractivity contribution in [3.63, 3.8) is 0 Å². The fourth-order valence-electron chi connectivity index (χ4n) is 2.21. The van der Waals surface area contributed by atoms with Gasteiger partial charge >= 0.3 is 0 Å². The van der Waals surface area contributed by atoms with Gasteiger partial charge in [-0.3, -0.25) is 4.79 Å². The SMILES string of the molecule is Cc1csc(Sc2ccc(NC(=O)[C@@H]3CCNC3)cc2)n1. The van der Waals surface area contributed by atoms with Gasteiger partial charge in [-0.2, -0.15) is 0 Å². The summed E-state index contributed by atoms with van der Waals surface area (Å²) in [6.45, 7) is 3.71. The fourth-order valence-corrected chi connectivity index (χ4v) is 4.02. The maximum absolute atomic E-state index is 12.0. The standard InChI is InChI=1S/C15H17N3OS2/c1-10-9-20-15(17-10)21-13-4-2-12(3-5-13)18-14(19)11-6-7-16-8-11/h2-5,9,11,16H,6-8H2,1H3,(H,18,19)/t11-/m1/s1. The molecular formula is C15H17N3OS2. The molecule has 1 amide bonds. The normalized spacial score (nSPS) is 17.9. The van der Waals surface area contributed by atoms with Crippen molar-refractivity contribution in [2.24, 2.45) is 5.92 Å². The molecule has 0 unspecified atom stereocenters. The Hall–Kier alpha value is -1.37. The smallest absolute Gasteiger partial charge is 0.228 e. The Balaban J connectivity index is 1.59. The van der Waals surface area contributed by atoms with E-state index in [9.17, 15) is 4.79 Å². The van der Waals surface area contributed by atoms with Gasteiger partial charge in [0.05, 0.1) is 5.92 Å². The molecule has 0 spiro atoms. The zero-order valence-electron chi connectivity index (χ0n) is 11.8. The van der Waals surface area contributed by atoms with Crippen LogP contribution in [-0.2, 0) is 4.79 Å². The largest absolute Gasteiger partial charge is 0.326 e. The zero-order chi connectivity index (χ0) is 14.7. The fraction of sp³-hybridized carbons (Fsp3) is 0.333. The summed E-state index contributed by atoms with van der Waals surface area (Å²) in [5, 5.41) is 8.23. The van der Waals surface area contributed by atoms with E-state index in [-0.39, 0.29) is 11.8 Å². The monoisotopic (exact) mass is 319 g/mol. The van der Waals surface area contributed by atoms with E-state index in [1.807, 2.05) is 36.6 Å². The summed E-state index contributed by atoms with van der Waals surface area (Å²) < 4.78 is 1.04. The molecule has 6 heteroatoms. The van der Waals surface area contributed by atoms with Gasteiger partial charge in [-0.05, 0) is 44.2 Å². The number of hydrogen-bond donors (Lipinski definition) is 2. The van der Waals surface area contributed by atoms with Crippen LogP contribution in [0.2, 0.25) is 0 Å². The summed E-state index contributed by atoms with van der Waals surface area (Å²) in [5.74, 6) is 0.202. The lowest BCUT2D eigenvalue weighted by Gasteiger charge is -2.10. The van der Waals surface area contributed by atoms with Gasteiger partial charge in [0, 0.05) is 28.2 Å². The molecule has 1 atom stereocenters. The van der Waals surface area contributed by atoms with E-state index in [2.05, 4.69) is 15.6 Å². The molecule has 1 fully saturated rings. The van der Waals surface area contributed by atoms with Crippen LogP contribution < -0.4 is 10.6 Å². The number of carbonyl (C=O) groups excluding carboxylic acids is 1. The lowest BCUT2D eigenvalue weighted by Crippen LogP contribution is -2.24. The number of nitrogens with zero attached hydrogens (tertiary/aromatic N) is 1. The second kappa shape index (κ2) is 6.60. The van der Waals surface area contributed by atoms with Crippen LogP contribution in [0.15, 0.2) is 38.9 Å². The number of carbonyl (C=O) groups is 1. The Kier molecular flexibility index (Phi) is 4.57. The highest BCUT2D eigenvalue weighted by atomic mass is 32.2. The van der Waals surface area contributed by atoms with E-state index in [1.54, 1.807) is 23.1 Å². The van der Waals surface area contributed by atoms with E-state index in [4.69, 9.17) is 0 Å². The molecule has 1 aliphatic rings. The van der Waals surface area contributed by atoms with Gasteiger partial charge < -0.3 is 10.6 Å². The predicted octanol–water partition coefficient (Wildman–Crippen LogP) is 3.15. The minimum Gasteiger partial charge on any atom is -0.326 e. The van der Waals surface area contributed by atoms with Crippen molar-refractivity contribution in [2.75, 3.05) is 18.4 Å². The van der Waals surface area contributed by atoms with Gasteiger partial charge in [-0.25, -0.2) is 4.98 Å². The molecular weight excluding hydrogens is 302 g/mol. The molecule has 1 aromatic carbocycles. The first-order valence-corrected chi connectivity index (χ1v) is 8.62. The third-order valence-corrected chi connectivity index (χ3v) is 5.42. The average Bonchev–Trinajstić information content (AvgIpc) is 3.13. The molecule has 0 bridgehead atoms. The first-order valence-electron chi connectivity index (χ1n) is 6.92. The van der Waals surface area contributed by atoms with Crippen molar-refractivity contribution < 1.29 is 4.79 Å². The van der Waals surface area contributed by atoms with Gasteiger partial charge in [-0.1, -0.05) is 11.8 Å². The van der Waals surface area contributed by atoms with Crippen LogP contribution in [0.25, 0.3) is 0 Å². The maximum atomic E-state index is 12.0. The molecule has 0 radical (unpaired) electrons. The van der Waals surface area contributed by atoms with Crippen LogP contribution in [-0.4, -0.2) is 24.0 Å². The van der Waals surface area contributed by atoms with Crippen molar-refractivity contribution in [1.29, 1.82) is 0 Å². The summed E-state index contributed by atoms with van der Waals surface area (Å²) in [5.41, 5.74) is 1.91. The molecule has 2 N–H and O–H groups in total. The number of aryl methyl sites for hydroxylation is 1. The molecule has 3 rings (SSSR count). The van der Waals surface area contributed by atoms with Crippen LogP contribution in [0, 0.1) is 12.8 Å². The zero-order valence-corrected chi connectivity index (χ0v) is 13.4. The van der Waals surface area contributed by atoms with Crippen LogP contribution >= 0.6 is 23.1 Å². The Bertz CT molecular complexity index is 618. The van der Waals surface area contributed by atoms with Gasteiger partial charge in [0.2, 0.25) is 5.91 Å². The summed E-state index contributed by atoms with van der Waals surface area (Å²) in [6.07, 6.45) is 0.920. The number of rotatable bonds is 4. The minimum atomic E-state index is 0.0948. The number of hydrogen-bond acceptors (Lipinski definition) is 5. The van der Waals surface area contributed by atoms with Crippen molar-refractivity contribution >= 4 is 34.7 Å². The Morgan fingerprint density at radius 2 is 2.24 bits per heavy atom. The number of aromatic nitrogens is 1. The third kappa shape index (κ3) is 3.84. The first kappa shape index (κ1) is 14.6. The van der Waals surface area contributed by atoms with Gasteiger partial charge in [0.25, 0.3) is 0 Å². The van der Waals surface area contributed by atoms with E-state index >= 15 is 0 Å². The minimum absolute atomic E-state index is 0.0948. The lowest BCUT2D eigenvalue weighted by atomic mass is 10.1. The average molecular weight is 319 g/mol. The van der Waals surface area contributed by atoms with E-state index in [1.165, 1.54) is 0 Å². The van der Waals surface area contributed by atoms with Crippen LogP contribution in [0.4, 0.5) is 5.69 Å². The highest BCUT2D eigenvalue weighted by Crippen LogP contribution is 2.30. The summed E-state index contributed by atoms with van der Waals surface area (Å²) >= 11 is 3.30. The van der Waals surface area contributed by atoms with Crippen molar-refractivity contribution in [3.05, 3.63) is 35.3 Å². The van der Waals surface area contributed by atoms with E-state index < -0.39 is 0 Å². The van der Waals surface area contributed by atoms with Crippen LogP contribution in [0.3, 0.4) is 0 Å². The number of amides is 1. The molecule has 2 heterocycles. The quantitative estimate of drug-likeness (QED) is 0.909. The maximum Gasteiger partial charge on any atom is 0.228 e. The van der Waals surface area contributed by atoms with Gasteiger partial charge in [0.1, 0.15) is 0 Å². The number of benzene rings is 1. The third-order valence-electron chi connectivity index (χ3n) is 3.36. The second-order valence-electron chi connectivity index (χ2n) is 5.06. The number of nitrogens with one attached hydrogen (secondary N) is 2. The first-order chi connectivity index (χ1) is 10.2. The molecule has 1 aliphatic heterocycles. The second-order valence-corrected chi connectivity index (χ2v) is 7.24. The molecule has 4 nitrogen and oxygen atoms in total. The van der Waals surface area contributed by atoms with Crippen molar-refractivity contribution in [2.45, 2.75) is 22.6 Å². The summed E-state index contributed by atoms with van der Waals surface area (Å²) in [7, 11) is 0. The highest BCUT2D eigenvalue weighted by Gasteiger charge is 2.22. The highest BCUT2D eigenvalue weighted by molar-refractivity contribution is 8.01. The Morgan fingerprint density at radius 3 is 2.86 bits per heavy atom. The molecule has 0 saturated carbocycles. The topological polar surface area (TPSA) is 54.0 Å². The molecule has 0 aliphatic carbocycles. The van der Waals surface area contributed by atoms with Crippen LogP contribution in [0.5, 0.6) is 0 Å². The molecule has 2 aromatic rings. The lowest BCUT2D eigenvalue weighted by molar-refractivity contribution is -0.119. The van der Waals surface area contributed by atoms with Crippen molar-refractivity contribution in [1.82, 2.24) is 10.3 Å². The summed E-state index contributed by atoms with van der Waals surface area (Å²) in [4.78, 5) is 17.6. The predicted molar refractivity (Wildman–Crippen MR) is 87.0 cm³/mol. The van der Waals surface area contributed by atoms with Crippen molar-refractivity contribution in [3.8, 4) is 0 Å². The molecule has 1 saturated heterocycles. The molecule has 110 valence electrons. The summed E-state index contributed by atoms with van der Waals surface area (Å²) in [6, 6.07) is 7.93. The van der Waals surface area contributed by atoms with Gasteiger partial charge in [-0.15, -0.1) is 11.3 Å². The van der Waals surface area contributed by atoms with E-state index in [0.717, 1.165) is 40.1 Å². The van der Waals surface area contributed by atoms with Gasteiger partial charge in [0.15, 0.2) is 4.34 Å². The molecule has 1 aromatic heterocycles.